The SMILES string of the molecule is C=CCN(C)C(=O)c1cc(C(=O)O)co1. The van der Waals surface area contributed by atoms with E-state index in [2.05, 4.69) is 6.58 Å². The van der Waals surface area contributed by atoms with Crippen molar-refractivity contribution >= 4 is 11.9 Å². The van der Waals surface area contributed by atoms with Crippen molar-refractivity contribution in [2.24, 2.45) is 0 Å². The first-order valence-electron chi connectivity index (χ1n) is 4.24. The zero-order valence-corrected chi connectivity index (χ0v) is 8.27. The number of hydrogen-bond donors (Lipinski definition) is 1. The highest BCUT2D eigenvalue weighted by atomic mass is 16.4. The molecule has 0 bridgehead atoms. The van der Waals surface area contributed by atoms with Gasteiger partial charge in [-0.05, 0) is 0 Å². The predicted molar refractivity (Wildman–Crippen MR) is 52.8 cm³/mol. The van der Waals surface area contributed by atoms with Gasteiger partial charge in [0.2, 0.25) is 0 Å². The summed E-state index contributed by atoms with van der Waals surface area (Å²) in [4.78, 5) is 23.5. The lowest BCUT2D eigenvalue weighted by atomic mass is 10.3. The molecule has 0 saturated carbocycles. The summed E-state index contributed by atoms with van der Waals surface area (Å²) in [5, 5.41) is 8.62. The number of carboxylic acid groups (broad SMARTS) is 1. The van der Waals surface area contributed by atoms with E-state index in [-0.39, 0.29) is 17.2 Å². The van der Waals surface area contributed by atoms with Crippen molar-refractivity contribution in [3.63, 3.8) is 0 Å². The standard InChI is InChI=1S/C10H11NO4/c1-3-4-11(2)9(12)8-5-7(6-15-8)10(13)14/h3,5-6H,1,4H2,2H3,(H,13,14). The summed E-state index contributed by atoms with van der Waals surface area (Å²) in [6.45, 7) is 3.87. The van der Waals surface area contributed by atoms with E-state index in [1.807, 2.05) is 0 Å². The summed E-state index contributed by atoms with van der Waals surface area (Å²) >= 11 is 0. The van der Waals surface area contributed by atoms with Crippen LogP contribution in [0.1, 0.15) is 20.9 Å². The molecule has 1 aromatic rings. The smallest absolute Gasteiger partial charge is 0.338 e. The van der Waals surface area contributed by atoms with E-state index in [1.165, 1.54) is 11.0 Å². The highest BCUT2D eigenvalue weighted by molar-refractivity contribution is 5.95. The van der Waals surface area contributed by atoms with Gasteiger partial charge in [-0.2, -0.15) is 0 Å². The number of likely N-dealkylation sites (N-methyl/N-ethyl adjacent to an activating group) is 1. The van der Waals surface area contributed by atoms with Crippen LogP contribution in [0.2, 0.25) is 0 Å². The molecule has 15 heavy (non-hydrogen) atoms. The maximum Gasteiger partial charge on any atom is 0.338 e. The molecule has 5 nitrogen and oxygen atoms in total. The lowest BCUT2D eigenvalue weighted by Crippen LogP contribution is -2.26. The molecule has 0 atom stereocenters. The van der Waals surface area contributed by atoms with Gasteiger partial charge in [-0.3, -0.25) is 4.79 Å². The number of nitrogens with zero attached hydrogens (tertiary/aromatic N) is 1. The molecule has 0 aromatic carbocycles. The van der Waals surface area contributed by atoms with Gasteiger partial charge in [0.25, 0.3) is 5.91 Å². The zero-order valence-electron chi connectivity index (χ0n) is 8.27. The molecule has 80 valence electrons. The van der Waals surface area contributed by atoms with Gasteiger partial charge in [0.05, 0.1) is 5.56 Å². The molecular formula is C10H11NO4. The molecule has 1 amide bonds. The molecule has 1 N–H and O–H groups in total. The van der Waals surface area contributed by atoms with Crippen LogP contribution in [0.4, 0.5) is 0 Å². The average molecular weight is 209 g/mol. The van der Waals surface area contributed by atoms with Crippen LogP contribution in [0.25, 0.3) is 0 Å². The monoisotopic (exact) mass is 209 g/mol. The van der Waals surface area contributed by atoms with Crippen molar-refractivity contribution in [1.82, 2.24) is 4.90 Å². The Morgan fingerprint density at radius 2 is 2.33 bits per heavy atom. The van der Waals surface area contributed by atoms with Gasteiger partial charge in [0.15, 0.2) is 5.76 Å². The summed E-state index contributed by atoms with van der Waals surface area (Å²) in [5.41, 5.74) is -0.0367. The molecule has 0 fully saturated rings. The number of furan rings is 1. The Balaban J connectivity index is 2.82. The Labute approximate surface area is 86.6 Å². The fourth-order valence-corrected chi connectivity index (χ4v) is 1.03. The third-order valence-electron chi connectivity index (χ3n) is 1.81. The highest BCUT2D eigenvalue weighted by Crippen LogP contribution is 2.09. The first-order chi connectivity index (χ1) is 7.06. The van der Waals surface area contributed by atoms with Crippen LogP contribution >= 0.6 is 0 Å². The topological polar surface area (TPSA) is 70.8 Å². The van der Waals surface area contributed by atoms with Crippen LogP contribution in [0.3, 0.4) is 0 Å². The van der Waals surface area contributed by atoms with Crippen LogP contribution in [0.5, 0.6) is 0 Å². The fourth-order valence-electron chi connectivity index (χ4n) is 1.03. The van der Waals surface area contributed by atoms with E-state index < -0.39 is 5.97 Å². The second kappa shape index (κ2) is 4.45. The van der Waals surface area contributed by atoms with Gasteiger partial charge in [0, 0.05) is 19.7 Å². The second-order valence-corrected chi connectivity index (χ2v) is 2.98. The Bertz CT molecular complexity index is 394. The Kier molecular flexibility index (Phi) is 3.28. The maximum atomic E-state index is 11.6. The van der Waals surface area contributed by atoms with E-state index in [0.717, 1.165) is 6.26 Å². The number of carbonyl (C=O) groups is 2. The quantitative estimate of drug-likeness (QED) is 0.757. The first kappa shape index (κ1) is 11.0. The molecule has 0 aliphatic rings. The summed E-state index contributed by atoms with van der Waals surface area (Å²) in [5.74, 6) is -1.48. The van der Waals surface area contributed by atoms with E-state index >= 15 is 0 Å². The van der Waals surface area contributed by atoms with E-state index in [0.29, 0.717) is 6.54 Å². The number of aromatic carboxylic acids is 1. The molecule has 1 aromatic heterocycles. The maximum absolute atomic E-state index is 11.6. The number of rotatable bonds is 4. The van der Waals surface area contributed by atoms with E-state index in [4.69, 9.17) is 9.52 Å². The van der Waals surface area contributed by atoms with Crippen molar-refractivity contribution < 1.29 is 19.1 Å². The van der Waals surface area contributed by atoms with Gasteiger partial charge >= 0.3 is 5.97 Å². The van der Waals surface area contributed by atoms with Gasteiger partial charge in [-0.25, -0.2) is 4.79 Å². The van der Waals surface area contributed by atoms with Crippen molar-refractivity contribution in [2.45, 2.75) is 0 Å². The normalized spacial score (nSPS) is 9.67. The molecule has 0 aliphatic carbocycles. The minimum atomic E-state index is -1.12. The summed E-state index contributed by atoms with van der Waals surface area (Å²) in [6.07, 6.45) is 2.61. The summed E-state index contributed by atoms with van der Waals surface area (Å²) < 4.78 is 4.85. The van der Waals surface area contributed by atoms with E-state index in [9.17, 15) is 9.59 Å². The van der Waals surface area contributed by atoms with Crippen molar-refractivity contribution in [2.75, 3.05) is 13.6 Å². The average Bonchev–Trinajstić information content (AvgIpc) is 2.65. The molecule has 1 rings (SSSR count). The minimum Gasteiger partial charge on any atom is -0.478 e. The zero-order chi connectivity index (χ0) is 11.4. The van der Waals surface area contributed by atoms with Crippen molar-refractivity contribution in [1.29, 1.82) is 0 Å². The van der Waals surface area contributed by atoms with E-state index in [1.54, 1.807) is 13.1 Å². The minimum absolute atomic E-state index is 0.0109. The summed E-state index contributed by atoms with van der Waals surface area (Å²) in [6, 6.07) is 1.20. The first-order valence-corrected chi connectivity index (χ1v) is 4.24. The molecule has 0 radical (unpaired) electrons. The van der Waals surface area contributed by atoms with Crippen LogP contribution in [0.15, 0.2) is 29.4 Å². The number of hydrogen-bond acceptors (Lipinski definition) is 3. The van der Waals surface area contributed by atoms with Crippen LogP contribution in [-0.2, 0) is 0 Å². The largest absolute Gasteiger partial charge is 0.478 e. The molecule has 0 unspecified atom stereocenters. The molecule has 1 heterocycles. The Morgan fingerprint density at radius 1 is 1.67 bits per heavy atom. The van der Waals surface area contributed by atoms with Gasteiger partial charge in [0.1, 0.15) is 6.26 Å². The second-order valence-electron chi connectivity index (χ2n) is 2.98. The lowest BCUT2D eigenvalue weighted by Gasteiger charge is -2.12. The van der Waals surface area contributed by atoms with Crippen molar-refractivity contribution in [3.8, 4) is 0 Å². The lowest BCUT2D eigenvalue weighted by molar-refractivity contribution is 0.0695. The Hall–Kier alpha value is -2.04. The summed E-state index contributed by atoms with van der Waals surface area (Å²) in [7, 11) is 1.58. The molecular weight excluding hydrogens is 198 g/mol. The van der Waals surface area contributed by atoms with Gasteiger partial charge in [-0.1, -0.05) is 6.08 Å². The number of carbonyl (C=O) groups excluding carboxylic acids is 1. The number of amides is 1. The molecule has 0 aliphatic heterocycles. The third-order valence-corrected chi connectivity index (χ3v) is 1.81. The van der Waals surface area contributed by atoms with Gasteiger partial charge in [-0.15, -0.1) is 6.58 Å². The van der Waals surface area contributed by atoms with Gasteiger partial charge < -0.3 is 14.4 Å². The number of carboxylic acids is 1. The van der Waals surface area contributed by atoms with Crippen molar-refractivity contribution in [3.05, 3.63) is 36.3 Å². The Morgan fingerprint density at radius 3 is 2.80 bits per heavy atom. The molecule has 5 heteroatoms. The van der Waals surface area contributed by atoms with Crippen LogP contribution < -0.4 is 0 Å². The third kappa shape index (κ3) is 2.46. The molecule has 0 spiro atoms. The predicted octanol–water partition coefficient (Wildman–Crippen LogP) is 1.24. The van der Waals surface area contributed by atoms with Crippen LogP contribution in [0, 0.1) is 0 Å². The van der Waals surface area contributed by atoms with Crippen LogP contribution in [-0.4, -0.2) is 35.5 Å². The fraction of sp³-hybridized carbons (Fsp3) is 0.200. The molecule has 0 saturated heterocycles. The highest BCUT2D eigenvalue weighted by Gasteiger charge is 2.17.